The number of hydrogen-bond acceptors (Lipinski definition) is 2. The highest BCUT2D eigenvalue weighted by Gasteiger charge is 2.39. The Balaban J connectivity index is 1.98. The fourth-order valence-corrected chi connectivity index (χ4v) is 4.03. The predicted molar refractivity (Wildman–Crippen MR) is 114 cm³/mol. The van der Waals surface area contributed by atoms with Crippen LogP contribution in [0.1, 0.15) is 60.4 Å². The fraction of sp³-hybridized carbons (Fsp3) is 0.417. The molecule has 0 saturated carbocycles. The van der Waals surface area contributed by atoms with Gasteiger partial charge in [0.05, 0.1) is 11.6 Å². The summed E-state index contributed by atoms with van der Waals surface area (Å²) in [4.78, 5) is 0. The number of hydrogen-bond donors (Lipinski definition) is 1. The van der Waals surface area contributed by atoms with Crippen LogP contribution in [0.15, 0.2) is 36.4 Å². The summed E-state index contributed by atoms with van der Waals surface area (Å²) < 4.78 is 56.5. The van der Waals surface area contributed by atoms with Crippen molar-refractivity contribution < 1.29 is 17.6 Å². The molecule has 2 aromatic rings. The lowest BCUT2D eigenvalue weighted by Gasteiger charge is -2.20. The first-order chi connectivity index (χ1) is 14.2. The van der Waals surface area contributed by atoms with Crippen molar-refractivity contribution in [2.75, 3.05) is 11.6 Å². The van der Waals surface area contributed by atoms with E-state index < -0.39 is 12.1 Å². The van der Waals surface area contributed by atoms with Crippen molar-refractivity contribution in [1.29, 1.82) is 0 Å². The number of allylic oxidation sites excluding steroid dienone is 1. The summed E-state index contributed by atoms with van der Waals surface area (Å²) in [6, 6.07) is 8.25. The summed E-state index contributed by atoms with van der Waals surface area (Å²) in [5.41, 5.74) is 3.46. The Morgan fingerprint density at radius 1 is 1.07 bits per heavy atom. The third kappa shape index (κ3) is 4.86. The highest BCUT2D eigenvalue weighted by atomic mass is 19.4. The van der Waals surface area contributed by atoms with Crippen LogP contribution in [-0.2, 0) is 19.3 Å². The zero-order chi connectivity index (χ0) is 21.9. The molecule has 0 bridgehead atoms. The van der Waals surface area contributed by atoms with Crippen LogP contribution in [0.4, 0.5) is 23.2 Å². The molecule has 6 heteroatoms. The maximum Gasteiger partial charge on any atom is 0.399 e. The number of alkyl halides is 3. The van der Waals surface area contributed by atoms with Crippen LogP contribution in [0, 0.1) is 5.82 Å². The molecule has 0 radical (unpaired) electrons. The number of benzene rings is 2. The zero-order valence-corrected chi connectivity index (χ0v) is 17.4. The summed E-state index contributed by atoms with van der Waals surface area (Å²) >= 11 is 0. The second-order valence-electron chi connectivity index (χ2n) is 7.86. The van der Waals surface area contributed by atoms with Gasteiger partial charge in [0, 0.05) is 6.54 Å². The number of rotatable bonds is 7. The molecule has 30 heavy (non-hydrogen) atoms. The minimum Gasteiger partial charge on any atom is -0.310 e. The van der Waals surface area contributed by atoms with Crippen LogP contribution >= 0.6 is 0 Å². The van der Waals surface area contributed by atoms with Gasteiger partial charge < -0.3 is 5.01 Å². The monoisotopic (exact) mass is 420 g/mol. The van der Waals surface area contributed by atoms with Crippen LogP contribution < -0.4 is 10.9 Å². The Kier molecular flexibility index (Phi) is 6.86. The molecule has 2 N–H and O–H groups in total. The molecular formula is C24H28F4N2. The van der Waals surface area contributed by atoms with Crippen LogP contribution in [-0.4, -0.2) is 12.7 Å². The Labute approximate surface area is 175 Å². The van der Waals surface area contributed by atoms with Gasteiger partial charge in [-0.05, 0) is 59.2 Å². The topological polar surface area (TPSA) is 29.3 Å². The smallest absolute Gasteiger partial charge is 0.310 e. The average molecular weight is 420 g/mol. The van der Waals surface area contributed by atoms with Gasteiger partial charge in [0.15, 0.2) is 0 Å². The Morgan fingerprint density at radius 3 is 2.27 bits per heavy atom. The SMILES string of the molecule is CCCc1cc(C(/C=C/c2ccc3c(c2)CCN3N)C(F)(F)F)cc(CCC)c1F. The largest absolute Gasteiger partial charge is 0.399 e. The second-order valence-corrected chi connectivity index (χ2v) is 7.86. The maximum absolute atomic E-state index is 14.7. The summed E-state index contributed by atoms with van der Waals surface area (Å²) in [7, 11) is 0. The van der Waals surface area contributed by atoms with Gasteiger partial charge in [-0.15, -0.1) is 0 Å². The number of fused-ring (bicyclic) bond motifs is 1. The van der Waals surface area contributed by atoms with Crippen LogP contribution in [0.3, 0.4) is 0 Å². The zero-order valence-electron chi connectivity index (χ0n) is 17.4. The van der Waals surface area contributed by atoms with Gasteiger partial charge in [-0.2, -0.15) is 13.2 Å². The molecule has 1 unspecified atom stereocenters. The first-order valence-electron chi connectivity index (χ1n) is 10.5. The van der Waals surface area contributed by atoms with Crippen molar-refractivity contribution >= 4 is 11.8 Å². The van der Waals surface area contributed by atoms with Crippen LogP contribution in [0.25, 0.3) is 6.08 Å². The van der Waals surface area contributed by atoms with Crippen molar-refractivity contribution in [3.05, 3.63) is 70.0 Å². The standard InChI is InChI=1S/C24H28F4N2/c1-3-5-18-14-20(15-19(6-4-2)23(18)25)21(24(26,27)28)9-7-16-8-10-22-17(13-16)11-12-30(22)29/h7-10,13-15,21H,3-6,11-12,29H2,1-2H3/b9-7+. The Bertz CT molecular complexity index is 891. The molecule has 3 rings (SSSR count). The van der Waals surface area contributed by atoms with Gasteiger partial charge in [0.2, 0.25) is 0 Å². The van der Waals surface area contributed by atoms with Crippen molar-refractivity contribution in [2.24, 2.45) is 5.84 Å². The molecule has 162 valence electrons. The molecular weight excluding hydrogens is 392 g/mol. The molecule has 1 atom stereocenters. The number of nitrogens with zero attached hydrogens (tertiary/aromatic N) is 1. The van der Waals surface area contributed by atoms with E-state index in [9.17, 15) is 17.6 Å². The summed E-state index contributed by atoms with van der Waals surface area (Å²) in [5.74, 6) is 3.73. The van der Waals surface area contributed by atoms with E-state index >= 15 is 0 Å². The quantitative estimate of drug-likeness (QED) is 0.419. The predicted octanol–water partition coefficient (Wildman–Crippen LogP) is 6.33. The highest BCUT2D eigenvalue weighted by molar-refractivity contribution is 5.63. The van der Waals surface area contributed by atoms with Crippen LogP contribution in [0.2, 0.25) is 0 Å². The van der Waals surface area contributed by atoms with Gasteiger partial charge >= 0.3 is 6.18 Å². The maximum atomic E-state index is 14.7. The first-order valence-corrected chi connectivity index (χ1v) is 10.5. The van der Waals surface area contributed by atoms with E-state index in [4.69, 9.17) is 5.84 Å². The average Bonchev–Trinajstić information content (AvgIpc) is 3.05. The number of aryl methyl sites for hydroxylation is 2. The van der Waals surface area contributed by atoms with Crippen molar-refractivity contribution in [3.63, 3.8) is 0 Å². The molecule has 0 spiro atoms. The van der Waals surface area contributed by atoms with E-state index in [2.05, 4.69) is 0 Å². The Hall–Kier alpha value is -2.34. The number of anilines is 1. The lowest BCUT2D eigenvalue weighted by Crippen LogP contribution is -2.27. The minimum absolute atomic E-state index is 0.0985. The molecule has 0 saturated heterocycles. The molecule has 1 aliphatic rings. The van der Waals surface area contributed by atoms with E-state index in [1.165, 1.54) is 24.3 Å². The number of halogens is 4. The van der Waals surface area contributed by atoms with Crippen molar-refractivity contribution in [2.45, 2.75) is 58.0 Å². The van der Waals surface area contributed by atoms with Gasteiger partial charge in [-0.25, -0.2) is 10.2 Å². The van der Waals surface area contributed by atoms with Gasteiger partial charge in [-0.1, -0.05) is 57.0 Å². The van der Waals surface area contributed by atoms with E-state index in [-0.39, 0.29) is 11.4 Å². The third-order valence-electron chi connectivity index (χ3n) is 5.51. The fourth-order valence-electron chi connectivity index (χ4n) is 4.03. The second kappa shape index (κ2) is 9.21. The summed E-state index contributed by atoms with van der Waals surface area (Å²) in [6.07, 6.45) is 1.17. The Morgan fingerprint density at radius 2 is 1.70 bits per heavy atom. The molecule has 2 nitrogen and oxygen atoms in total. The van der Waals surface area contributed by atoms with Crippen molar-refractivity contribution in [1.82, 2.24) is 0 Å². The molecule has 0 aromatic heterocycles. The molecule has 1 heterocycles. The normalized spacial score (nSPS) is 15.1. The van der Waals surface area contributed by atoms with Gasteiger partial charge in [0.25, 0.3) is 0 Å². The summed E-state index contributed by atoms with van der Waals surface area (Å²) in [5, 5.41) is 1.64. The van der Waals surface area contributed by atoms with Crippen molar-refractivity contribution in [3.8, 4) is 0 Å². The van der Waals surface area contributed by atoms with E-state index in [1.54, 1.807) is 11.1 Å². The number of hydrazine groups is 1. The third-order valence-corrected chi connectivity index (χ3v) is 5.51. The summed E-state index contributed by atoms with van der Waals surface area (Å²) in [6.45, 7) is 4.48. The van der Waals surface area contributed by atoms with Crippen LogP contribution in [0.5, 0.6) is 0 Å². The lowest BCUT2D eigenvalue weighted by molar-refractivity contribution is -0.139. The number of nitrogens with two attached hydrogens (primary N) is 1. The minimum atomic E-state index is -4.47. The van der Waals surface area contributed by atoms with E-state index in [0.29, 0.717) is 48.9 Å². The van der Waals surface area contributed by atoms with E-state index in [1.807, 2.05) is 26.0 Å². The lowest BCUT2D eigenvalue weighted by atomic mass is 9.90. The molecule has 0 amide bonds. The molecule has 1 aliphatic heterocycles. The van der Waals surface area contributed by atoms with Gasteiger partial charge in [0.1, 0.15) is 5.82 Å². The van der Waals surface area contributed by atoms with E-state index in [0.717, 1.165) is 17.7 Å². The molecule has 0 fully saturated rings. The van der Waals surface area contributed by atoms with Gasteiger partial charge in [-0.3, -0.25) is 0 Å². The molecule has 0 aliphatic carbocycles. The first kappa shape index (κ1) is 22.3. The molecule has 2 aromatic carbocycles. The highest BCUT2D eigenvalue weighted by Crippen LogP contribution is 2.38.